The minimum atomic E-state index is 0.0263. The summed E-state index contributed by atoms with van der Waals surface area (Å²) in [5.41, 5.74) is 7.07. The van der Waals surface area contributed by atoms with Crippen LogP contribution in [0.3, 0.4) is 0 Å². The summed E-state index contributed by atoms with van der Waals surface area (Å²) in [4.78, 5) is 14.1. The van der Waals surface area contributed by atoms with Crippen LogP contribution in [0.15, 0.2) is 24.3 Å². The second kappa shape index (κ2) is 9.34. The van der Waals surface area contributed by atoms with Crippen LogP contribution in [-0.4, -0.2) is 44.2 Å². The average Bonchev–Trinajstić information content (AvgIpc) is 2.42. The van der Waals surface area contributed by atoms with Crippen molar-refractivity contribution in [3.05, 3.63) is 24.3 Å². The molecule has 5 nitrogen and oxygen atoms in total. The van der Waals surface area contributed by atoms with Crippen molar-refractivity contribution in [3.63, 3.8) is 0 Å². The fraction of sp³-hybridized carbons (Fsp3) is 0.533. The lowest BCUT2D eigenvalue weighted by Gasteiger charge is -2.19. The van der Waals surface area contributed by atoms with Crippen LogP contribution in [0.25, 0.3) is 0 Å². The molecule has 0 spiro atoms. The Morgan fingerprint density at radius 2 is 2.20 bits per heavy atom. The number of hydrogen-bond acceptors (Lipinski definition) is 4. The van der Waals surface area contributed by atoms with Gasteiger partial charge in [-0.1, -0.05) is 13.0 Å². The third-order valence-corrected chi connectivity index (χ3v) is 3.11. The number of methoxy groups -OCH3 is 1. The Morgan fingerprint density at radius 3 is 2.85 bits per heavy atom. The highest BCUT2D eigenvalue weighted by Gasteiger charge is 2.05. The van der Waals surface area contributed by atoms with Gasteiger partial charge in [0.25, 0.3) is 0 Å². The summed E-state index contributed by atoms with van der Waals surface area (Å²) >= 11 is 0. The molecule has 0 aliphatic carbocycles. The van der Waals surface area contributed by atoms with E-state index in [4.69, 9.17) is 10.5 Å². The number of nitrogen functional groups attached to an aromatic ring is 1. The van der Waals surface area contributed by atoms with E-state index >= 15 is 0 Å². The van der Waals surface area contributed by atoms with Gasteiger partial charge in [-0.2, -0.15) is 0 Å². The minimum Gasteiger partial charge on any atom is -0.399 e. The summed E-state index contributed by atoms with van der Waals surface area (Å²) in [6.07, 6.45) is 1.35. The van der Waals surface area contributed by atoms with Crippen LogP contribution in [-0.2, 0) is 9.53 Å². The summed E-state index contributed by atoms with van der Waals surface area (Å²) in [5, 5.41) is 2.86. The second-order valence-corrected chi connectivity index (χ2v) is 4.70. The van der Waals surface area contributed by atoms with Crippen molar-refractivity contribution in [3.8, 4) is 0 Å². The topological polar surface area (TPSA) is 67.6 Å². The lowest BCUT2D eigenvalue weighted by Crippen LogP contribution is -2.29. The molecule has 0 bridgehead atoms. The maximum atomic E-state index is 11.8. The first-order valence-corrected chi connectivity index (χ1v) is 7.02. The van der Waals surface area contributed by atoms with E-state index in [0.717, 1.165) is 38.3 Å². The average molecular weight is 279 g/mol. The van der Waals surface area contributed by atoms with Crippen LogP contribution in [0.4, 0.5) is 11.4 Å². The maximum Gasteiger partial charge on any atom is 0.224 e. The zero-order valence-corrected chi connectivity index (χ0v) is 12.4. The zero-order chi connectivity index (χ0) is 14.8. The van der Waals surface area contributed by atoms with E-state index in [9.17, 15) is 4.79 Å². The predicted molar refractivity (Wildman–Crippen MR) is 82.7 cm³/mol. The van der Waals surface area contributed by atoms with Gasteiger partial charge in [-0.3, -0.25) is 4.79 Å². The van der Waals surface area contributed by atoms with Crippen molar-refractivity contribution in [1.82, 2.24) is 4.90 Å². The molecule has 5 heteroatoms. The summed E-state index contributed by atoms with van der Waals surface area (Å²) in [6.45, 7) is 5.63. The van der Waals surface area contributed by atoms with Gasteiger partial charge >= 0.3 is 0 Å². The first-order valence-electron chi connectivity index (χ1n) is 7.02. The molecule has 1 aromatic carbocycles. The van der Waals surface area contributed by atoms with E-state index in [2.05, 4.69) is 17.1 Å². The molecule has 1 amide bonds. The van der Waals surface area contributed by atoms with E-state index in [1.807, 2.05) is 12.1 Å². The number of benzene rings is 1. The summed E-state index contributed by atoms with van der Waals surface area (Å²) in [7, 11) is 1.70. The molecule has 0 aliphatic heterocycles. The van der Waals surface area contributed by atoms with Crippen molar-refractivity contribution in [1.29, 1.82) is 0 Å². The number of hydrogen-bond donors (Lipinski definition) is 2. The molecular formula is C15H25N3O2. The summed E-state index contributed by atoms with van der Waals surface area (Å²) < 4.78 is 5.06. The highest BCUT2D eigenvalue weighted by Crippen LogP contribution is 2.12. The van der Waals surface area contributed by atoms with Crippen LogP contribution in [0, 0.1) is 0 Å². The van der Waals surface area contributed by atoms with Crippen LogP contribution in [0.2, 0.25) is 0 Å². The fourth-order valence-corrected chi connectivity index (χ4v) is 1.95. The number of amides is 1. The van der Waals surface area contributed by atoms with Gasteiger partial charge in [0.05, 0.1) is 6.61 Å². The molecule has 1 rings (SSSR count). The normalized spacial score (nSPS) is 10.8. The highest BCUT2D eigenvalue weighted by molar-refractivity contribution is 5.91. The Bertz CT molecular complexity index is 410. The van der Waals surface area contributed by atoms with Crippen molar-refractivity contribution in [2.75, 3.05) is 44.4 Å². The van der Waals surface area contributed by atoms with Crippen molar-refractivity contribution in [2.45, 2.75) is 19.8 Å². The molecule has 0 unspecified atom stereocenters. The quantitative estimate of drug-likeness (QED) is 0.678. The molecule has 0 fully saturated rings. The third-order valence-electron chi connectivity index (χ3n) is 3.11. The van der Waals surface area contributed by atoms with Crippen molar-refractivity contribution in [2.24, 2.45) is 0 Å². The molecule has 3 N–H and O–H groups in total. The highest BCUT2D eigenvalue weighted by atomic mass is 16.5. The third kappa shape index (κ3) is 6.54. The second-order valence-electron chi connectivity index (χ2n) is 4.70. The van der Waals surface area contributed by atoms with Crippen LogP contribution >= 0.6 is 0 Å². The molecule has 0 saturated carbocycles. The number of nitrogens with two attached hydrogens (primary N) is 1. The Morgan fingerprint density at radius 1 is 1.40 bits per heavy atom. The number of nitrogens with one attached hydrogen (secondary N) is 1. The SMILES string of the molecule is CCN(CCCC(=O)Nc1cccc(N)c1)CCOC. The number of anilines is 2. The fourth-order valence-electron chi connectivity index (χ4n) is 1.95. The molecule has 0 heterocycles. The lowest BCUT2D eigenvalue weighted by molar-refractivity contribution is -0.116. The monoisotopic (exact) mass is 279 g/mol. The first-order chi connectivity index (χ1) is 9.65. The molecule has 0 atom stereocenters. The van der Waals surface area contributed by atoms with Gasteiger partial charge < -0.3 is 20.7 Å². The standard InChI is InChI=1S/C15H25N3O2/c1-3-18(10-11-20-2)9-5-8-15(19)17-14-7-4-6-13(16)12-14/h4,6-7,12H,3,5,8-11,16H2,1-2H3,(H,17,19). The smallest absolute Gasteiger partial charge is 0.224 e. The van der Waals surface area contributed by atoms with E-state index < -0.39 is 0 Å². The Hall–Kier alpha value is -1.59. The largest absolute Gasteiger partial charge is 0.399 e. The van der Waals surface area contributed by atoms with E-state index in [1.165, 1.54) is 0 Å². The molecule has 0 aromatic heterocycles. The molecule has 0 saturated heterocycles. The van der Waals surface area contributed by atoms with Crippen LogP contribution in [0.5, 0.6) is 0 Å². The molecule has 20 heavy (non-hydrogen) atoms. The predicted octanol–water partition coefficient (Wildman–Crippen LogP) is 1.96. The molecule has 112 valence electrons. The Balaban J connectivity index is 2.25. The van der Waals surface area contributed by atoms with Gasteiger partial charge in [-0.05, 0) is 37.7 Å². The molecule has 0 aliphatic rings. The first kappa shape index (κ1) is 16.5. The zero-order valence-electron chi connectivity index (χ0n) is 12.4. The Labute approximate surface area is 121 Å². The maximum absolute atomic E-state index is 11.8. The minimum absolute atomic E-state index is 0.0263. The van der Waals surface area contributed by atoms with E-state index in [-0.39, 0.29) is 5.91 Å². The summed E-state index contributed by atoms with van der Waals surface area (Å²) in [6, 6.07) is 7.22. The lowest BCUT2D eigenvalue weighted by atomic mass is 10.2. The van der Waals surface area contributed by atoms with Gasteiger partial charge in [0.15, 0.2) is 0 Å². The molecule has 1 aromatic rings. The number of ether oxygens (including phenoxy) is 1. The van der Waals surface area contributed by atoms with Crippen LogP contribution < -0.4 is 11.1 Å². The van der Waals surface area contributed by atoms with Crippen LogP contribution in [0.1, 0.15) is 19.8 Å². The molecule has 0 radical (unpaired) electrons. The van der Waals surface area contributed by atoms with E-state index in [0.29, 0.717) is 12.1 Å². The van der Waals surface area contributed by atoms with Gasteiger partial charge in [0.2, 0.25) is 5.91 Å². The van der Waals surface area contributed by atoms with Gasteiger partial charge in [-0.15, -0.1) is 0 Å². The molecular weight excluding hydrogens is 254 g/mol. The number of carbonyl (C=O) groups is 1. The number of rotatable bonds is 9. The van der Waals surface area contributed by atoms with Gasteiger partial charge in [-0.25, -0.2) is 0 Å². The van der Waals surface area contributed by atoms with Crippen molar-refractivity contribution >= 4 is 17.3 Å². The van der Waals surface area contributed by atoms with Crippen molar-refractivity contribution < 1.29 is 9.53 Å². The van der Waals surface area contributed by atoms with Gasteiger partial charge in [0, 0.05) is 31.5 Å². The number of nitrogens with zero attached hydrogens (tertiary/aromatic N) is 1. The number of carbonyl (C=O) groups excluding carboxylic acids is 1. The number of likely N-dealkylation sites (N-methyl/N-ethyl adjacent to an activating group) is 1. The summed E-state index contributed by atoms with van der Waals surface area (Å²) in [5.74, 6) is 0.0263. The Kier molecular flexibility index (Phi) is 7.69. The van der Waals surface area contributed by atoms with Gasteiger partial charge in [0.1, 0.15) is 0 Å². The van der Waals surface area contributed by atoms with E-state index in [1.54, 1.807) is 19.2 Å².